The normalized spacial score (nSPS) is 11.6. The van der Waals surface area contributed by atoms with E-state index in [1.165, 1.54) is 13.3 Å². The van der Waals surface area contributed by atoms with Crippen molar-refractivity contribution in [2.75, 3.05) is 7.11 Å². The number of benzene rings is 1. The first kappa shape index (κ1) is 13.0. The molecule has 4 heteroatoms. The number of methoxy groups -OCH3 is 1. The van der Waals surface area contributed by atoms with E-state index in [9.17, 15) is 9.59 Å². The van der Waals surface area contributed by atoms with Crippen molar-refractivity contribution in [3.05, 3.63) is 66.0 Å². The van der Waals surface area contributed by atoms with Gasteiger partial charge in [0.05, 0.1) is 7.11 Å². The number of Topliss-reactive ketones (excluding diaryl/α,β-unsaturated/α-hetero) is 1. The summed E-state index contributed by atoms with van der Waals surface area (Å²) in [6, 6.07) is 13.8. The SMILES string of the molecule is COC(=O)[C@@H](C(=O)c1ccccn1)c1ccccc1. The Morgan fingerprint density at radius 1 is 1.05 bits per heavy atom. The molecule has 0 fully saturated rings. The lowest BCUT2D eigenvalue weighted by atomic mass is 9.93. The Balaban J connectivity index is 2.40. The summed E-state index contributed by atoms with van der Waals surface area (Å²) >= 11 is 0. The van der Waals surface area contributed by atoms with Crippen LogP contribution < -0.4 is 0 Å². The summed E-state index contributed by atoms with van der Waals surface area (Å²) in [5.41, 5.74) is 0.853. The minimum absolute atomic E-state index is 0.252. The molecule has 19 heavy (non-hydrogen) atoms. The first-order chi connectivity index (χ1) is 9.24. The number of rotatable bonds is 4. The van der Waals surface area contributed by atoms with Gasteiger partial charge in [0.2, 0.25) is 0 Å². The lowest BCUT2D eigenvalue weighted by molar-refractivity contribution is -0.141. The summed E-state index contributed by atoms with van der Waals surface area (Å²) in [5.74, 6) is -1.92. The molecule has 2 aromatic rings. The average molecular weight is 255 g/mol. The van der Waals surface area contributed by atoms with Crippen LogP contribution in [0.25, 0.3) is 0 Å². The van der Waals surface area contributed by atoms with Gasteiger partial charge in [-0.05, 0) is 17.7 Å². The number of hydrogen-bond acceptors (Lipinski definition) is 4. The molecule has 0 radical (unpaired) electrons. The van der Waals surface area contributed by atoms with Crippen LogP contribution in [0.15, 0.2) is 54.7 Å². The van der Waals surface area contributed by atoms with E-state index in [0.717, 1.165) is 0 Å². The van der Waals surface area contributed by atoms with E-state index in [-0.39, 0.29) is 11.5 Å². The number of nitrogens with zero attached hydrogens (tertiary/aromatic N) is 1. The molecular formula is C15H13NO3. The van der Waals surface area contributed by atoms with Gasteiger partial charge in [0.15, 0.2) is 5.78 Å². The molecule has 0 saturated carbocycles. The van der Waals surface area contributed by atoms with Gasteiger partial charge in [-0.1, -0.05) is 36.4 Å². The molecule has 0 saturated heterocycles. The highest BCUT2D eigenvalue weighted by Crippen LogP contribution is 2.21. The van der Waals surface area contributed by atoms with Crippen LogP contribution in [0, 0.1) is 0 Å². The van der Waals surface area contributed by atoms with E-state index in [0.29, 0.717) is 5.56 Å². The van der Waals surface area contributed by atoms with Gasteiger partial charge in [-0.3, -0.25) is 14.6 Å². The fourth-order valence-electron chi connectivity index (χ4n) is 1.81. The van der Waals surface area contributed by atoms with Gasteiger partial charge >= 0.3 is 5.97 Å². The molecule has 1 heterocycles. The van der Waals surface area contributed by atoms with Crippen molar-refractivity contribution in [2.45, 2.75) is 5.92 Å². The van der Waals surface area contributed by atoms with Crippen LogP contribution in [-0.4, -0.2) is 23.8 Å². The number of ether oxygens (including phenoxy) is 1. The van der Waals surface area contributed by atoms with Crippen LogP contribution in [0.1, 0.15) is 22.0 Å². The molecule has 2 rings (SSSR count). The molecule has 1 aromatic carbocycles. The summed E-state index contributed by atoms with van der Waals surface area (Å²) in [6.07, 6.45) is 1.52. The molecule has 0 bridgehead atoms. The summed E-state index contributed by atoms with van der Waals surface area (Å²) in [6.45, 7) is 0. The van der Waals surface area contributed by atoms with Crippen molar-refractivity contribution in [1.82, 2.24) is 4.98 Å². The van der Waals surface area contributed by atoms with Crippen molar-refractivity contribution in [1.29, 1.82) is 0 Å². The van der Waals surface area contributed by atoms with Gasteiger partial charge in [-0.15, -0.1) is 0 Å². The van der Waals surface area contributed by atoms with Crippen molar-refractivity contribution >= 4 is 11.8 Å². The Morgan fingerprint density at radius 3 is 2.32 bits per heavy atom. The minimum Gasteiger partial charge on any atom is -0.468 e. The molecule has 4 nitrogen and oxygen atoms in total. The number of carbonyl (C=O) groups is 2. The molecule has 0 amide bonds. The highest BCUT2D eigenvalue weighted by atomic mass is 16.5. The van der Waals surface area contributed by atoms with E-state index in [2.05, 4.69) is 4.98 Å². The van der Waals surface area contributed by atoms with Gasteiger partial charge in [-0.25, -0.2) is 0 Å². The van der Waals surface area contributed by atoms with Gasteiger partial charge in [-0.2, -0.15) is 0 Å². The third-order valence-electron chi connectivity index (χ3n) is 2.75. The first-order valence-corrected chi connectivity index (χ1v) is 5.82. The third-order valence-corrected chi connectivity index (χ3v) is 2.75. The highest BCUT2D eigenvalue weighted by Gasteiger charge is 2.30. The lowest BCUT2D eigenvalue weighted by Crippen LogP contribution is -2.24. The quantitative estimate of drug-likeness (QED) is 0.477. The zero-order valence-corrected chi connectivity index (χ0v) is 10.4. The van der Waals surface area contributed by atoms with Crippen molar-refractivity contribution in [3.8, 4) is 0 Å². The molecule has 96 valence electrons. The van der Waals surface area contributed by atoms with E-state index >= 15 is 0 Å². The molecule has 0 aliphatic carbocycles. The number of hydrogen-bond donors (Lipinski definition) is 0. The zero-order valence-electron chi connectivity index (χ0n) is 10.4. The van der Waals surface area contributed by atoms with E-state index in [1.807, 2.05) is 6.07 Å². The molecule has 1 atom stereocenters. The molecule has 0 spiro atoms. The Bertz CT molecular complexity index is 566. The summed E-state index contributed by atoms with van der Waals surface area (Å²) < 4.78 is 4.72. The Labute approximate surface area is 111 Å². The van der Waals surface area contributed by atoms with E-state index < -0.39 is 11.9 Å². The van der Waals surface area contributed by atoms with E-state index in [4.69, 9.17) is 4.74 Å². The van der Waals surface area contributed by atoms with Gasteiger partial charge in [0.1, 0.15) is 11.6 Å². The summed E-state index contributed by atoms with van der Waals surface area (Å²) in [5, 5.41) is 0. The highest BCUT2D eigenvalue weighted by molar-refractivity contribution is 6.12. The number of ketones is 1. The Kier molecular flexibility index (Phi) is 4.03. The van der Waals surface area contributed by atoms with Crippen LogP contribution in [0.5, 0.6) is 0 Å². The topological polar surface area (TPSA) is 56.3 Å². The van der Waals surface area contributed by atoms with Gasteiger partial charge in [0, 0.05) is 6.20 Å². The maximum absolute atomic E-state index is 12.4. The van der Waals surface area contributed by atoms with Crippen LogP contribution in [0.3, 0.4) is 0 Å². The van der Waals surface area contributed by atoms with Crippen molar-refractivity contribution in [2.24, 2.45) is 0 Å². The first-order valence-electron chi connectivity index (χ1n) is 5.82. The second kappa shape index (κ2) is 5.91. The maximum Gasteiger partial charge on any atom is 0.321 e. The second-order valence-corrected chi connectivity index (χ2v) is 3.95. The Morgan fingerprint density at radius 2 is 1.74 bits per heavy atom. The fraction of sp³-hybridized carbons (Fsp3) is 0.133. The van der Waals surface area contributed by atoms with Crippen LogP contribution >= 0.6 is 0 Å². The third kappa shape index (κ3) is 2.85. The Hall–Kier alpha value is -2.49. The van der Waals surface area contributed by atoms with Crippen LogP contribution in [0.4, 0.5) is 0 Å². The fourth-order valence-corrected chi connectivity index (χ4v) is 1.81. The summed E-state index contributed by atoms with van der Waals surface area (Å²) in [4.78, 5) is 28.2. The van der Waals surface area contributed by atoms with Gasteiger partial charge < -0.3 is 4.74 Å². The molecule has 0 unspecified atom stereocenters. The summed E-state index contributed by atoms with van der Waals surface area (Å²) in [7, 11) is 1.27. The molecule has 0 aliphatic heterocycles. The largest absolute Gasteiger partial charge is 0.468 e. The van der Waals surface area contributed by atoms with E-state index in [1.54, 1.807) is 42.5 Å². The maximum atomic E-state index is 12.4. The molecule has 1 aromatic heterocycles. The molecule has 0 aliphatic rings. The number of esters is 1. The van der Waals surface area contributed by atoms with Crippen molar-refractivity contribution < 1.29 is 14.3 Å². The smallest absolute Gasteiger partial charge is 0.321 e. The van der Waals surface area contributed by atoms with Crippen LogP contribution in [-0.2, 0) is 9.53 Å². The second-order valence-electron chi connectivity index (χ2n) is 3.95. The zero-order chi connectivity index (χ0) is 13.7. The van der Waals surface area contributed by atoms with Crippen LogP contribution in [0.2, 0.25) is 0 Å². The van der Waals surface area contributed by atoms with Crippen molar-refractivity contribution in [3.63, 3.8) is 0 Å². The monoisotopic (exact) mass is 255 g/mol. The number of pyridine rings is 1. The predicted octanol–water partition coefficient (Wildman–Crippen LogP) is 2.22. The minimum atomic E-state index is -0.971. The lowest BCUT2D eigenvalue weighted by Gasteiger charge is -2.13. The average Bonchev–Trinajstić information content (AvgIpc) is 2.49. The number of carbonyl (C=O) groups excluding carboxylic acids is 2. The molecule has 0 N–H and O–H groups in total. The number of aromatic nitrogens is 1. The molecular weight excluding hydrogens is 242 g/mol. The van der Waals surface area contributed by atoms with Gasteiger partial charge in [0.25, 0.3) is 0 Å². The predicted molar refractivity (Wildman–Crippen MR) is 69.8 cm³/mol. The standard InChI is InChI=1S/C15H13NO3/c1-19-15(18)13(11-7-3-2-4-8-11)14(17)12-9-5-6-10-16-12/h2-10,13H,1H3/t13-/m1/s1.